The van der Waals surface area contributed by atoms with Gasteiger partial charge < -0.3 is 24.8 Å². The Bertz CT molecular complexity index is 645. The summed E-state index contributed by atoms with van der Waals surface area (Å²) in [6, 6.07) is 4.38. The fourth-order valence-corrected chi connectivity index (χ4v) is 2.52. The van der Waals surface area contributed by atoms with E-state index in [1.165, 1.54) is 25.3 Å². The number of anilines is 1. The number of hydrogen-bond acceptors (Lipinski definition) is 6. The predicted octanol–water partition coefficient (Wildman–Crippen LogP) is 0.612. The number of ether oxygens (including phenoxy) is 2. The Morgan fingerprint density at radius 1 is 1.38 bits per heavy atom. The molecule has 24 heavy (non-hydrogen) atoms. The lowest BCUT2D eigenvalue weighted by molar-refractivity contribution is -0.128. The zero-order valence-corrected chi connectivity index (χ0v) is 13.6. The van der Waals surface area contributed by atoms with E-state index in [-0.39, 0.29) is 35.2 Å². The summed E-state index contributed by atoms with van der Waals surface area (Å²) in [5, 5.41) is 12.7. The highest BCUT2D eigenvalue weighted by Gasteiger charge is 2.34. The number of benzene rings is 1. The molecule has 130 valence electrons. The Morgan fingerprint density at radius 3 is 2.79 bits per heavy atom. The zero-order valence-electron chi connectivity index (χ0n) is 13.6. The fourth-order valence-electron chi connectivity index (χ4n) is 2.52. The molecular weight excluding hydrogens is 316 g/mol. The number of hydrogen-bond donors (Lipinski definition) is 2. The highest BCUT2D eigenvalue weighted by Crippen LogP contribution is 2.29. The van der Waals surface area contributed by atoms with Gasteiger partial charge in [0.05, 0.1) is 25.3 Å². The van der Waals surface area contributed by atoms with Crippen LogP contribution in [0.5, 0.6) is 5.75 Å². The molecule has 1 aliphatic heterocycles. The van der Waals surface area contributed by atoms with Crippen LogP contribution in [0.2, 0.25) is 0 Å². The van der Waals surface area contributed by atoms with Crippen molar-refractivity contribution in [3.05, 3.63) is 23.8 Å². The first-order chi connectivity index (χ1) is 11.5. The largest absolute Gasteiger partial charge is 0.505 e. The minimum Gasteiger partial charge on any atom is -0.505 e. The Morgan fingerprint density at radius 2 is 2.12 bits per heavy atom. The molecule has 1 atom stereocenters. The first kappa shape index (κ1) is 17.7. The maximum atomic E-state index is 12.3. The van der Waals surface area contributed by atoms with E-state index in [9.17, 15) is 19.5 Å². The van der Waals surface area contributed by atoms with Crippen molar-refractivity contribution in [2.75, 3.05) is 39.2 Å². The van der Waals surface area contributed by atoms with Crippen LogP contribution >= 0.6 is 0 Å². The van der Waals surface area contributed by atoms with Gasteiger partial charge in [0.25, 0.3) is 0 Å². The van der Waals surface area contributed by atoms with E-state index in [4.69, 9.17) is 4.74 Å². The minimum absolute atomic E-state index is 0.0421. The van der Waals surface area contributed by atoms with Crippen molar-refractivity contribution in [3.8, 4) is 5.75 Å². The number of carbonyl (C=O) groups excluding carboxylic acids is 3. The SMILES string of the molecule is COCCN1CC(C(=O)Nc2cccc(C(=O)OC)c2O)CC1=O. The predicted molar refractivity (Wildman–Crippen MR) is 84.6 cm³/mol. The second kappa shape index (κ2) is 7.78. The van der Waals surface area contributed by atoms with Gasteiger partial charge in [-0.1, -0.05) is 6.07 Å². The van der Waals surface area contributed by atoms with Crippen LogP contribution < -0.4 is 5.32 Å². The van der Waals surface area contributed by atoms with Crippen molar-refractivity contribution in [2.45, 2.75) is 6.42 Å². The third-order valence-corrected chi connectivity index (χ3v) is 3.85. The first-order valence-corrected chi connectivity index (χ1v) is 7.45. The van der Waals surface area contributed by atoms with Gasteiger partial charge in [-0.3, -0.25) is 9.59 Å². The molecule has 2 N–H and O–H groups in total. The number of phenols is 1. The molecule has 0 aromatic heterocycles. The Balaban J connectivity index is 2.05. The number of amides is 2. The van der Waals surface area contributed by atoms with Crippen molar-refractivity contribution < 1.29 is 29.0 Å². The molecule has 1 unspecified atom stereocenters. The Hall–Kier alpha value is -2.61. The summed E-state index contributed by atoms with van der Waals surface area (Å²) in [4.78, 5) is 37.3. The summed E-state index contributed by atoms with van der Waals surface area (Å²) in [6.07, 6.45) is 0.104. The Labute approximate surface area is 139 Å². The van der Waals surface area contributed by atoms with Crippen molar-refractivity contribution >= 4 is 23.5 Å². The van der Waals surface area contributed by atoms with Gasteiger partial charge >= 0.3 is 5.97 Å². The molecule has 1 aliphatic rings. The average Bonchev–Trinajstić information content (AvgIpc) is 2.95. The molecular formula is C16H20N2O6. The third kappa shape index (κ3) is 3.83. The van der Waals surface area contributed by atoms with Crippen LogP contribution in [0.25, 0.3) is 0 Å². The molecule has 1 heterocycles. The van der Waals surface area contributed by atoms with Crippen LogP contribution in [0.3, 0.4) is 0 Å². The summed E-state index contributed by atoms with van der Waals surface area (Å²) >= 11 is 0. The lowest BCUT2D eigenvalue weighted by Crippen LogP contribution is -2.30. The van der Waals surface area contributed by atoms with E-state index in [2.05, 4.69) is 10.1 Å². The summed E-state index contributed by atoms with van der Waals surface area (Å²) in [7, 11) is 2.74. The number of likely N-dealkylation sites (tertiary alicyclic amines) is 1. The van der Waals surface area contributed by atoms with E-state index in [0.717, 1.165) is 0 Å². The van der Waals surface area contributed by atoms with Crippen LogP contribution in [0.15, 0.2) is 18.2 Å². The Kier molecular flexibility index (Phi) is 5.75. The molecule has 1 aromatic carbocycles. The van der Waals surface area contributed by atoms with Crippen molar-refractivity contribution in [1.29, 1.82) is 0 Å². The number of phenolic OH excluding ortho intramolecular Hbond substituents is 1. The van der Waals surface area contributed by atoms with E-state index in [0.29, 0.717) is 19.7 Å². The number of nitrogens with one attached hydrogen (secondary N) is 1. The molecule has 1 saturated heterocycles. The highest BCUT2D eigenvalue weighted by atomic mass is 16.5. The van der Waals surface area contributed by atoms with Gasteiger partial charge in [-0.25, -0.2) is 4.79 Å². The smallest absolute Gasteiger partial charge is 0.341 e. The van der Waals surface area contributed by atoms with Gasteiger partial charge in [0.15, 0.2) is 5.75 Å². The monoisotopic (exact) mass is 336 g/mol. The number of rotatable bonds is 6. The number of esters is 1. The van der Waals surface area contributed by atoms with Crippen LogP contribution in [0, 0.1) is 5.92 Å². The van der Waals surface area contributed by atoms with Gasteiger partial charge in [-0.15, -0.1) is 0 Å². The lowest BCUT2D eigenvalue weighted by atomic mass is 10.1. The summed E-state index contributed by atoms with van der Waals surface area (Å²) in [5.74, 6) is -2.08. The molecule has 0 saturated carbocycles. The molecule has 0 radical (unpaired) electrons. The van der Waals surface area contributed by atoms with Crippen LogP contribution in [-0.4, -0.2) is 61.7 Å². The van der Waals surface area contributed by atoms with Crippen LogP contribution in [0.4, 0.5) is 5.69 Å². The lowest BCUT2D eigenvalue weighted by Gasteiger charge is -2.16. The molecule has 8 heteroatoms. The molecule has 0 aliphatic carbocycles. The van der Waals surface area contributed by atoms with E-state index in [1.54, 1.807) is 12.0 Å². The number of aromatic hydroxyl groups is 1. The highest BCUT2D eigenvalue weighted by molar-refractivity contribution is 6.01. The molecule has 0 spiro atoms. The van der Waals surface area contributed by atoms with E-state index >= 15 is 0 Å². The maximum Gasteiger partial charge on any atom is 0.341 e. The van der Waals surface area contributed by atoms with Crippen LogP contribution in [-0.2, 0) is 19.1 Å². The van der Waals surface area contributed by atoms with Gasteiger partial charge in [0, 0.05) is 26.6 Å². The average molecular weight is 336 g/mol. The molecule has 0 bridgehead atoms. The number of nitrogens with zero attached hydrogens (tertiary/aromatic N) is 1. The fraction of sp³-hybridized carbons (Fsp3) is 0.438. The quantitative estimate of drug-likeness (QED) is 0.582. The zero-order chi connectivity index (χ0) is 17.7. The van der Waals surface area contributed by atoms with E-state index in [1.807, 2.05) is 0 Å². The van der Waals surface area contributed by atoms with Crippen molar-refractivity contribution in [1.82, 2.24) is 4.90 Å². The van der Waals surface area contributed by atoms with Crippen molar-refractivity contribution in [2.24, 2.45) is 5.92 Å². The molecule has 1 aromatic rings. The second-order valence-corrected chi connectivity index (χ2v) is 5.42. The van der Waals surface area contributed by atoms with Gasteiger partial charge in [-0.2, -0.15) is 0 Å². The standard InChI is InChI=1S/C16H20N2O6/c1-23-7-6-18-9-10(8-13(18)19)15(21)17-12-5-3-4-11(14(12)20)16(22)24-2/h3-5,10,20H,6-9H2,1-2H3,(H,17,21). The normalized spacial score (nSPS) is 17.0. The van der Waals surface area contributed by atoms with Crippen LogP contribution in [0.1, 0.15) is 16.8 Å². The number of para-hydroxylation sites is 1. The van der Waals surface area contributed by atoms with E-state index < -0.39 is 11.9 Å². The second-order valence-electron chi connectivity index (χ2n) is 5.42. The molecule has 1 fully saturated rings. The third-order valence-electron chi connectivity index (χ3n) is 3.85. The van der Waals surface area contributed by atoms with Gasteiger partial charge in [-0.05, 0) is 12.1 Å². The minimum atomic E-state index is -0.703. The number of methoxy groups -OCH3 is 2. The first-order valence-electron chi connectivity index (χ1n) is 7.45. The molecule has 2 amide bonds. The number of carbonyl (C=O) groups is 3. The molecule has 8 nitrogen and oxygen atoms in total. The summed E-state index contributed by atoms with van der Waals surface area (Å²) in [5.41, 5.74) is 0.0604. The summed E-state index contributed by atoms with van der Waals surface area (Å²) < 4.78 is 9.50. The van der Waals surface area contributed by atoms with Gasteiger partial charge in [0.2, 0.25) is 11.8 Å². The summed E-state index contributed by atoms with van der Waals surface area (Å²) in [6.45, 7) is 1.13. The maximum absolute atomic E-state index is 12.3. The van der Waals surface area contributed by atoms with Crippen molar-refractivity contribution in [3.63, 3.8) is 0 Å². The molecule has 2 rings (SSSR count). The van der Waals surface area contributed by atoms with Gasteiger partial charge in [0.1, 0.15) is 5.56 Å². The topological polar surface area (TPSA) is 105 Å².